The number of amides is 1. The monoisotopic (exact) mass is 457 g/mol. The van der Waals surface area contributed by atoms with Crippen LogP contribution in [-0.4, -0.2) is 80.9 Å². The van der Waals surface area contributed by atoms with Crippen LogP contribution < -0.4 is 0 Å². The lowest BCUT2D eigenvalue weighted by Crippen LogP contribution is -2.54. The van der Waals surface area contributed by atoms with E-state index in [1.807, 2.05) is 55.1 Å². The van der Waals surface area contributed by atoms with Gasteiger partial charge in [-0.15, -0.1) is 0 Å². The van der Waals surface area contributed by atoms with Crippen molar-refractivity contribution in [3.05, 3.63) is 65.2 Å². The molecule has 0 spiro atoms. The summed E-state index contributed by atoms with van der Waals surface area (Å²) in [5.41, 5.74) is 2.97. The average molecular weight is 458 g/mol. The number of aryl methyl sites for hydroxylation is 2. The van der Waals surface area contributed by atoms with Crippen LogP contribution in [0.3, 0.4) is 0 Å². The second-order valence-electron chi connectivity index (χ2n) is 8.44. The van der Waals surface area contributed by atoms with Crippen LogP contribution in [0.25, 0.3) is 0 Å². The van der Waals surface area contributed by atoms with Gasteiger partial charge in [0.15, 0.2) is 0 Å². The first-order valence-electron chi connectivity index (χ1n) is 11.1. The van der Waals surface area contributed by atoms with Gasteiger partial charge < -0.3 is 9.64 Å². The van der Waals surface area contributed by atoms with E-state index in [1.54, 1.807) is 12.1 Å². The van der Waals surface area contributed by atoms with Crippen LogP contribution in [0.2, 0.25) is 0 Å². The van der Waals surface area contributed by atoms with E-state index < -0.39 is 16.1 Å². The average Bonchev–Trinajstić information content (AvgIpc) is 2.82. The van der Waals surface area contributed by atoms with Gasteiger partial charge >= 0.3 is 0 Å². The van der Waals surface area contributed by atoms with Gasteiger partial charge in [0.05, 0.1) is 18.1 Å². The third kappa shape index (κ3) is 4.73. The molecule has 0 aromatic heterocycles. The fourth-order valence-electron chi connectivity index (χ4n) is 4.33. The molecule has 1 atom stereocenters. The largest absolute Gasteiger partial charge is 0.378 e. The predicted octanol–water partition coefficient (Wildman–Crippen LogP) is 2.21. The maximum Gasteiger partial charge on any atom is 0.244 e. The van der Waals surface area contributed by atoms with Gasteiger partial charge in [0, 0.05) is 39.3 Å². The third-order valence-corrected chi connectivity index (χ3v) is 8.32. The number of carbonyl (C=O) groups is 1. The van der Waals surface area contributed by atoms with Crippen molar-refractivity contribution in [3.8, 4) is 0 Å². The van der Waals surface area contributed by atoms with Crippen molar-refractivity contribution in [3.63, 3.8) is 0 Å². The van der Waals surface area contributed by atoms with E-state index in [0.29, 0.717) is 57.4 Å². The molecule has 2 heterocycles. The number of piperazine rings is 1. The maximum atomic E-state index is 13.5. The number of benzene rings is 2. The van der Waals surface area contributed by atoms with Crippen LogP contribution in [0.5, 0.6) is 0 Å². The van der Waals surface area contributed by atoms with Crippen molar-refractivity contribution >= 4 is 15.9 Å². The molecular weight excluding hydrogens is 426 g/mol. The summed E-state index contributed by atoms with van der Waals surface area (Å²) in [6.07, 6.45) is 0. The highest BCUT2D eigenvalue weighted by Crippen LogP contribution is 2.27. The molecule has 2 aliphatic heterocycles. The lowest BCUT2D eigenvalue weighted by molar-refractivity contribution is -0.142. The van der Waals surface area contributed by atoms with Crippen LogP contribution in [0.4, 0.5) is 0 Å². The second-order valence-corrected chi connectivity index (χ2v) is 10.4. The Bertz CT molecular complexity index is 1040. The summed E-state index contributed by atoms with van der Waals surface area (Å²) < 4.78 is 33.3. The normalized spacial score (nSPS) is 19.6. The predicted molar refractivity (Wildman–Crippen MR) is 123 cm³/mol. The summed E-state index contributed by atoms with van der Waals surface area (Å²) in [6, 6.07) is 14.6. The SMILES string of the molecule is Cc1ccc(S(=O)(=O)N2CCN(C(C(=O)N3CCOCC3)c3ccccc3)CC2)cc1C. The number of hydrogen-bond donors (Lipinski definition) is 0. The second kappa shape index (κ2) is 9.70. The molecule has 2 fully saturated rings. The van der Waals surface area contributed by atoms with Crippen molar-refractivity contribution in [1.82, 2.24) is 14.1 Å². The Balaban J connectivity index is 1.52. The molecule has 8 heteroatoms. The zero-order chi connectivity index (χ0) is 22.7. The van der Waals surface area contributed by atoms with Crippen molar-refractivity contribution < 1.29 is 17.9 Å². The van der Waals surface area contributed by atoms with Crippen molar-refractivity contribution in [2.24, 2.45) is 0 Å². The molecule has 2 aromatic carbocycles. The number of sulfonamides is 1. The van der Waals surface area contributed by atoms with E-state index in [2.05, 4.69) is 4.90 Å². The van der Waals surface area contributed by atoms with Gasteiger partial charge in [-0.1, -0.05) is 36.4 Å². The first-order valence-corrected chi connectivity index (χ1v) is 12.5. The lowest BCUT2D eigenvalue weighted by atomic mass is 10.0. The minimum Gasteiger partial charge on any atom is -0.378 e. The summed E-state index contributed by atoms with van der Waals surface area (Å²) in [6.45, 7) is 7.88. The first-order chi connectivity index (χ1) is 15.4. The van der Waals surface area contributed by atoms with Gasteiger partial charge in [-0.3, -0.25) is 9.69 Å². The van der Waals surface area contributed by atoms with Gasteiger partial charge in [0.25, 0.3) is 0 Å². The molecule has 0 radical (unpaired) electrons. The molecule has 2 saturated heterocycles. The standard InChI is InChI=1S/C24H31N3O4S/c1-19-8-9-22(18-20(19)2)32(29,30)27-12-10-25(11-13-27)23(21-6-4-3-5-7-21)24(28)26-14-16-31-17-15-26/h3-9,18,23H,10-17H2,1-2H3. The fraction of sp³-hybridized carbons (Fsp3) is 0.458. The Morgan fingerprint density at radius 3 is 2.16 bits per heavy atom. The minimum absolute atomic E-state index is 0.0602. The zero-order valence-electron chi connectivity index (χ0n) is 18.7. The van der Waals surface area contributed by atoms with Crippen molar-refractivity contribution in [2.75, 3.05) is 52.5 Å². The molecular formula is C24H31N3O4S. The topological polar surface area (TPSA) is 70.2 Å². The molecule has 2 aliphatic rings. The molecule has 2 aromatic rings. The highest BCUT2D eigenvalue weighted by molar-refractivity contribution is 7.89. The Hall–Kier alpha value is -2.26. The van der Waals surface area contributed by atoms with Gasteiger partial charge in [-0.25, -0.2) is 8.42 Å². The summed E-state index contributed by atoms with van der Waals surface area (Å²) in [5.74, 6) is 0.0602. The van der Waals surface area contributed by atoms with Gasteiger partial charge in [0.1, 0.15) is 6.04 Å². The fourth-order valence-corrected chi connectivity index (χ4v) is 5.84. The molecule has 1 amide bonds. The molecule has 0 N–H and O–H groups in total. The van der Waals surface area contributed by atoms with Gasteiger partial charge in [0.2, 0.25) is 15.9 Å². The van der Waals surface area contributed by atoms with Crippen molar-refractivity contribution in [2.45, 2.75) is 24.8 Å². The molecule has 7 nitrogen and oxygen atoms in total. The summed E-state index contributed by atoms with van der Waals surface area (Å²) >= 11 is 0. The number of rotatable bonds is 5. The van der Waals surface area contributed by atoms with Crippen molar-refractivity contribution in [1.29, 1.82) is 0 Å². The van der Waals surface area contributed by atoms with E-state index in [9.17, 15) is 13.2 Å². The summed E-state index contributed by atoms with van der Waals surface area (Å²) in [5, 5.41) is 0. The lowest BCUT2D eigenvalue weighted by Gasteiger charge is -2.40. The van der Waals surface area contributed by atoms with Crippen LogP contribution in [-0.2, 0) is 19.6 Å². The molecule has 1 unspecified atom stereocenters. The highest BCUT2D eigenvalue weighted by Gasteiger charge is 2.36. The van der Waals surface area contributed by atoms with Gasteiger partial charge in [-0.2, -0.15) is 4.31 Å². The molecule has 0 saturated carbocycles. The van der Waals surface area contributed by atoms with Crippen LogP contribution in [0, 0.1) is 13.8 Å². The van der Waals surface area contributed by atoms with E-state index in [0.717, 1.165) is 16.7 Å². The third-order valence-electron chi connectivity index (χ3n) is 6.43. The van der Waals surface area contributed by atoms with Crippen LogP contribution >= 0.6 is 0 Å². The van der Waals surface area contributed by atoms with E-state index in [1.165, 1.54) is 4.31 Å². The van der Waals surface area contributed by atoms with Crippen LogP contribution in [0.1, 0.15) is 22.7 Å². The molecule has 4 rings (SSSR count). The first kappa shape index (κ1) is 22.9. The Morgan fingerprint density at radius 2 is 1.53 bits per heavy atom. The quantitative estimate of drug-likeness (QED) is 0.689. The van der Waals surface area contributed by atoms with E-state index in [4.69, 9.17) is 4.74 Å². The number of ether oxygens (including phenoxy) is 1. The Labute approximate surface area is 190 Å². The molecule has 32 heavy (non-hydrogen) atoms. The number of carbonyl (C=O) groups excluding carboxylic acids is 1. The number of morpholine rings is 1. The molecule has 0 bridgehead atoms. The summed E-state index contributed by atoms with van der Waals surface area (Å²) in [7, 11) is -3.56. The van der Waals surface area contributed by atoms with Gasteiger partial charge in [-0.05, 0) is 42.7 Å². The number of nitrogens with zero attached hydrogens (tertiary/aromatic N) is 3. The smallest absolute Gasteiger partial charge is 0.244 e. The minimum atomic E-state index is -3.56. The number of hydrogen-bond acceptors (Lipinski definition) is 5. The Morgan fingerprint density at radius 1 is 0.875 bits per heavy atom. The van der Waals surface area contributed by atoms with E-state index >= 15 is 0 Å². The Kier molecular flexibility index (Phi) is 6.95. The van der Waals surface area contributed by atoms with Crippen LogP contribution in [0.15, 0.2) is 53.4 Å². The molecule has 0 aliphatic carbocycles. The highest BCUT2D eigenvalue weighted by atomic mass is 32.2. The molecule has 172 valence electrons. The maximum absolute atomic E-state index is 13.5. The van der Waals surface area contributed by atoms with E-state index in [-0.39, 0.29) is 5.91 Å². The zero-order valence-corrected chi connectivity index (χ0v) is 19.6. The summed E-state index contributed by atoms with van der Waals surface area (Å²) in [4.78, 5) is 17.8.